The van der Waals surface area contributed by atoms with Gasteiger partial charge in [-0.3, -0.25) is 10.1 Å². The quantitative estimate of drug-likeness (QED) is 0.755. The lowest BCUT2D eigenvalue weighted by atomic mass is 10.2. The average molecular weight is 346 g/mol. The Kier molecular flexibility index (Phi) is 4.26. The van der Waals surface area contributed by atoms with Gasteiger partial charge in [-0.1, -0.05) is 23.5 Å². The van der Waals surface area contributed by atoms with Crippen LogP contribution < -0.4 is 15.8 Å². The number of amides is 1. The summed E-state index contributed by atoms with van der Waals surface area (Å²) < 4.78 is 5.20. The summed E-state index contributed by atoms with van der Waals surface area (Å²) in [6.45, 7) is 1.88. The van der Waals surface area contributed by atoms with Gasteiger partial charge in [-0.15, -0.1) is 11.3 Å². The van der Waals surface area contributed by atoms with E-state index in [2.05, 4.69) is 15.3 Å². The molecular formula is C15H14N4O2S2. The molecule has 0 bridgehead atoms. The van der Waals surface area contributed by atoms with Crippen LogP contribution in [0.3, 0.4) is 0 Å². The lowest BCUT2D eigenvalue weighted by molar-refractivity contribution is 0.102. The topological polar surface area (TPSA) is 90.1 Å². The summed E-state index contributed by atoms with van der Waals surface area (Å²) in [4.78, 5) is 21.9. The standard InChI is InChI=1S/C15H14N4O2S2/c1-8-12(10-7-22-14(16)18-10)23-15(17-8)19-13(20)9-5-3-4-6-11(9)21-2/h3-7H,1-2H3,(H2,16,18)(H,17,19,20). The second-order valence-corrected chi connectivity index (χ2v) is 6.55. The molecule has 6 nitrogen and oxygen atoms in total. The van der Waals surface area contributed by atoms with Crippen LogP contribution >= 0.6 is 22.7 Å². The number of rotatable bonds is 4. The van der Waals surface area contributed by atoms with Crippen LogP contribution in [0.5, 0.6) is 5.75 Å². The number of ether oxygens (including phenoxy) is 1. The second-order valence-electron chi connectivity index (χ2n) is 4.66. The highest BCUT2D eigenvalue weighted by Gasteiger charge is 2.16. The Labute approximate surface area is 141 Å². The summed E-state index contributed by atoms with van der Waals surface area (Å²) in [7, 11) is 1.53. The number of aryl methyl sites for hydroxylation is 1. The smallest absolute Gasteiger partial charge is 0.261 e. The first-order chi connectivity index (χ1) is 11.1. The second kappa shape index (κ2) is 6.35. The Balaban J connectivity index is 1.85. The third-order valence-electron chi connectivity index (χ3n) is 3.12. The lowest BCUT2D eigenvalue weighted by Gasteiger charge is -2.06. The number of carbonyl (C=O) groups excluding carboxylic acids is 1. The van der Waals surface area contributed by atoms with Crippen molar-refractivity contribution in [3.8, 4) is 16.3 Å². The average Bonchev–Trinajstić information content (AvgIpc) is 3.12. The van der Waals surface area contributed by atoms with E-state index < -0.39 is 0 Å². The number of hydrogen-bond acceptors (Lipinski definition) is 7. The van der Waals surface area contributed by atoms with Crippen molar-refractivity contribution in [1.82, 2.24) is 9.97 Å². The van der Waals surface area contributed by atoms with Gasteiger partial charge in [0.25, 0.3) is 5.91 Å². The van der Waals surface area contributed by atoms with Gasteiger partial charge in [-0.2, -0.15) is 0 Å². The summed E-state index contributed by atoms with van der Waals surface area (Å²) in [5, 5.41) is 5.70. The zero-order chi connectivity index (χ0) is 16.4. The normalized spacial score (nSPS) is 10.5. The molecule has 0 spiro atoms. The number of nitrogens with one attached hydrogen (secondary N) is 1. The van der Waals surface area contributed by atoms with Crippen LogP contribution in [0, 0.1) is 6.92 Å². The van der Waals surface area contributed by atoms with Gasteiger partial charge in [0.05, 0.1) is 28.9 Å². The van der Waals surface area contributed by atoms with Crippen molar-refractivity contribution in [2.75, 3.05) is 18.2 Å². The van der Waals surface area contributed by atoms with Crippen LogP contribution in [0.15, 0.2) is 29.6 Å². The molecule has 2 heterocycles. The molecule has 0 aliphatic carbocycles. The van der Waals surface area contributed by atoms with E-state index in [1.807, 2.05) is 18.4 Å². The van der Waals surface area contributed by atoms with E-state index in [1.165, 1.54) is 29.8 Å². The van der Waals surface area contributed by atoms with Crippen molar-refractivity contribution < 1.29 is 9.53 Å². The van der Waals surface area contributed by atoms with Gasteiger partial charge in [0.1, 0.15) is 5.75 Å². The fourth-order valence-electron chi connectivity index (χ4n) is 2.08. The van der Waals surface area contributed by atoms with E-state index in [0.29, 0.717) is 21.6 Å². The summed E-state index contributed by atoms with van der Waals surface area (Å²) in [5.41, 5.74) is 7.71. The van der Waals surface area contributed by atoms with Gasteiger partial charge in [-0.25, -0.2) is 9.97 Å². The summed E-state index contributed by atoms with van der Waals surface area (Å²) in [5.74, 6) is 0.256. The predicted molar refractivity (Wildman–Crippen MR) is 93.3 cm³/mol. The third-order valence-corrected chi connectivity index (χ3v) is 4.89. The Morgan fingerprint density at radius 2 is 2.09 bits per heavy atom. The number of benzene rings is 1. The van der Waals surface area contributed by atoms with Crippen LogP contribution in [0.25, 0.3) is 10.6 Å². The maximum absolute atomic E-state index is 12.4. The molecule has 23 heavy (non-hydrogen) atoms. The first kappa shape index (κ1) is 15.4. The Bertz CT molecular complexity index is 857. The number of aromatic nitrogens is 2. The number of thiazole rings is 2. The number of hydrogen-bond donors (Lipinski definition) is 2. The number of nitrogens with two attached hydrogens (primary N) is 1. The number of anilines is 2. The van der Waals surface area contributed by atoms with E-state index in [1.54, 1.807) is 18.2 Å². The molecule has 0 radical (unpaired) electrons. The van der Waals surface area contributed by atoms with Crippen molar-refractivity contribution in [3.63, 3.8) is 0 Å². The molecule has 3 rings (SSSR count). The van der Waals surface area contributed by atoms with Crippen molar-refractivity contribution in [2.24, 2.45) is 0 Å². The molecule has 1 amide bonds. The summed E-state index contributed by atoms with van der Waals surface area (Å²) >= 11 is 2.74. The van der Waals surface area contributed by atoms with Crippen molar-refractivity contribution in [1.29, 1.82) is 0 Å². The minimum atomic E-state index is -0.263. The molecule has 0 fully saturated rings. The monoisotopic (exact) mass is 346 g/mol. The highest BCUT2D eigenvalue weighted by Crippen LogP contribution is 2.34. The molecule has 3 aromatic rings. The zero-order valence-corrected chi connectivity index (χ0v) is 14.1. The number of nitrogens with zero attached hydrogens (tertiary/aromatic N) is 2. The summed E-state index contributed by atoms with van der Waals surface area (Å²) in [6.07, 6.45) is 0. The number of methoxy groups -OCH3 is 1. The highest BCUT2D eigenvalue weighted by atomic mass is 32.1. The fraction of sp³-hybridized carbons (Fsp3) is 0.133. The van der Waals surface area contributed by atoms with E-state index in [4.69, 9.17) is 10.5 Å². The predicted octanol–water partition coefficient (Wildman–Crippen LogP) is 3.42. The molecule has 0 unspecified atom stereocenters. The molecule has 0 saturated carbocycles. The molecule has 0 aliphatic heterocycles. The largest absolute Gasteiger partial charge is 0.496 e. The molecule has 8 heteroatoms. The fourth-order valence-corrected chi connectivity index (χ4v) is 3.63. The van der Waals surface area contributed by atoms with E-state index in [0.717, 1.165) is 16.3 Å². The Morgan fingerprint density at radius 1 is 1.30 bits per heavy atom. The lowest BCUT2D eigenvalue weighted by Crippen LogP contribution is -2.12. The van der Waals surface area contributed by atoms with E-state index in [-0.39, 0.29) is 5.91 Å². The maximum atomic E-state index is 12.4. The molecule has 118 valence electrons. The first-order valence-corrected chi connectivity index (χ1v) is 8.41. The molecule has 1 aromatic carbocycles. The number of carbonyl (C=O) groups is 1. The first-order valence-electron chi connectivity index (χ1n) is 6.71. The summed E-state index contributed by atoms with van der Waals surface area (Å²) in [6, 6.07) is 7.05. The van der Waals surface area contributed by atoms with Gasteiger partial charge in [0.15, 0.2) is 10.3 Å². The Hall–Kier alpha value is -2.45. The molecule has 2 aromatic heterocycles. The number of para-hydroxylation sites is 1. The van der Waals surface area contributed by atoms with Crippen LogP contribution in [0.2, 0.25) is 0 Å². The SMILES string of the molecule is COc1ccccc1C(=O)Nc1nc(C)c(-c2csc(N)n2)s1. The van der Waals surface area contributed by atoms with Crippen molar-refractivity contribution >= 4 is 38.8 Å². The zero-order valence-electron chi connectivity index (χ0n) is 12.5. The van der Waals surface area contributed by atoms with Crippen molar-refractivity contribution in [2.45, 2.75) is 6.92 Å². The molecule has 0 atom stereocenters. The van der Waals surface area contributed by atoms with Gasteiger partial charge in [0, 0.05) is 5.38 Å². The molecule has 0 aliphatic rings. The van der Waals surface area contributed by atoms with E-state index in [9.17, 15) is 4.79 Å². The molecular weight excluding hydrogens is 332 g/mol. The third kappa shape index (κ3) is 3.17. The molecule has 0 saturated heterocycles. The Morgan fingerprint density at radius 3 is 2.78 bits per heavy atom. The van der Waals surface area contributed by atoms with Gasteiger partial charge in [-0.05, 0) is 19.1 Å². The number of nitrogen functional groups attached to an aromatic ring is 1. The van der Waals surface area contributed by atoms with Crippen LogP contribution in [-0.4, -0.2) is 23.0 Å². The van der Waals surface area contributed by atoms with Crippen LogP contribution in [-0.2, 0) is 0 Å². The van der Waals surface area contributed by atoms with E-state index >= 15 is 0 Å². The van der Waals surface area contributed by atoms with Crippen LogP contribution in [0.1, 0.15) is 16.1 Å². The van der Waals surface area contributed by atoms with Crippen molar-refractivity contribution in [3.05, 3.63) is 40.9 Å². The molecule has 3 N–H and O–H groups in total. The minimum Gasteiger partial charge on any atom is -0.496 e. The van der Waals surface area contributed by atoms with Gasteiger partial charge in [0.2, 0.25) is 0 Å². The maximum Gasteiger partial charge on any atom is 0.261 e. The minimum absolute atomic E-state index is 0.263. The van der Waals surface area contributed by atoms with Crippen LogP contribution in [0.4, 0.5) is 10.3 Å². The van der Waals surface area contributed by atoms with Gasteiger partial charge >= 0.3 is 0 Å². The van der Waals surface area contributed by atoms with Gasteiger partial charge < -0.3 is 10.5 Å². The highest BCUT2D eigenvalue weighted by molar-refractivity contribution is 7.19.